The highest BCUT2D eigenvalue weighted by atomic mass is 31.1. The lowest BCUT2D eigenvalue weighted by atomic mass is 11.1. The van der Waals surface area contributed by atoms with Crippen molar-refractivity contribution in [2.24, 2.45) is 0 Å². The van der Waals surface area contributed by atoms with Crippen molar-refractivity contribution in [2.45, 2.75) is 0 Å². The summed E-state index contributed by atoms with van der Waals surface area (Å²) in [4.78, 5) is 0. The molecule has 0 aromatic carbocycles. The Morgan fingerprint density at radius 3 is 2.83 bits per heavy atom. The molecule has 1 unspecified atom stereocenters. The van der Waals surface area contributed by atoms with Crippen molar-refractivity contribution in [1.29, 1.82) is 0 Å². The smallest absolute Gasteiger partial charge is 0.144 e. The van der Waals surface area contributed by atoms with E-state index in [2.05, 4.69) is 9.24 Å². The van der Waals surface area contributed by atoms with Gasteiger partial charge in [0, 0.05) is 5.80 Å². The third-order valence-corrected chi connectivity index (χ3v) is 1.67. The number of rotatable bonds is 0. The third-order valence-electron chi connectivity index (χ3n) is 0.451. The molecule has 1 nitrogen and oxygen atoms in total. The van der Waals surface area contributed by atoms with Crippen LogP contribution in [0.2, 0.25) is 0 Å². The standard InChI is InChI=1S/C3H4OP2/c5-3-4-1-2-6-3/h1-2H,5H2. The van der Waals surface area contributed by atoms with Crippen LogP contribution in [0.4, 0.5) is 0 Å². The van der Waals surface area contributed by atoms with Gasteiger partial charge in [0.05, 0.1) is 6.26 Å². The molecule has 0 fully saturated rings. The summed E-state index contributed by atoms with van der Waals surface area (Å²) in [6, 6.07) is 0. The van der Waals surface area contributed by atoms with Crippen LogP contribution in [0.1, 0.15) is 0 Å². The van der Waals surface area contributed by atoms with Crippen molar-refractivity contribution in [3.63, 3.8) is 0 Å². The Morgan fingerprint density at radius 1 is 1.83 bits per heavy atom. The van der Waals surface area contributed by atoms with Crippen molar-refractivity contribution < 1.29 is 4.42 Å². The van der Waals surface area contributed by atoms with E-state index in [9.17, 15) is 0 Å². The fraction of sp³-hybridized carbons (Fsp3) is 0. The Balaban J connectivity index is 3.05. The van der Waals surface area contributed by atoms with Gasteiger partial charge >= 0.3 is 0 Å². The van der Waals surface area contributed by atoms with Crippen LogP contribution in [0.5, 0.6) is 0 Å². The van der Waals surface area contributed by atoms with Gasteiger partial charge in [-0.1, -0.05) is 9.24 Å². The van der Waals surface area contributed by atoms with E-state index in [1.165, 1.54) is 8.19 Å². The molecule has 1 rings (SSSR count). The highest BCUT2D eigenvalue weighted by molar-refractivity contribution is 7.50. The molecule has 6 heavy (non-hydrogen) atoms. The molecule has 0 radical (unpaired) electrons. The van der Waals surface area contributed by atoms with Crippen LogP contribution in [0.25, 0.3) is 0 Å². The van der Waals surface area contributed by atoms with E-state index >= 15 is 0 Å². The van der Waals surface area contributed by atoms with Gasteiger partial charge in [-0.2, -0.15) is 0 Å². The molecule has 1 aromatic rings. The Hall–Kier alpha value is 0.140. The molecule has 0 bridgehead atoms. The van der Waals surface area contributed by atoms with Crippen molar-refractivity contribution in [1.82, 2.24) is 0 Å². The van der Waals surface area contributed by atoms with E-state index in [1.807, 2.05) is 5.80 Å². The summed E-state index contributed by atoms with van der Waals surface area (Å²) in [5.74, 6) is 1.95. The summed E-state index contributed by atoms with van der Waals surface area (Å²) >= 11 is 0. The van der Waals surface area contributed by atoms with Crippen LogP contribution in [-0.2, 0) is 0 Å². The first-order valence-corrected chi connectivity index (χ1v) is 3.08. The maximum absolute atomic E-state index is 4.84. The van der Waals surface area contributed by atoms with E-state index in [-0.39, 0.29) is 0 Å². The zero-order valence-corrected chi connectivity index (χ0v) is 5.14. The first kappa shape index (κ1) is 4.30. The molecule has 0 aliphatic heterocycles. The fourth-order valence-corrected chi connectivity index (χ4v) is 0.962. The second-order valence-electron chi connectivity index (χ2n) is 0.870. The molecule has 0 aliphatic carbocycles. The molecular weight excluding hydrogens is 114 g/mol. The highest BCUT2D eigenvalue weighted by Crippen LogP contribution is 2.03. The summed E-state index contributed by atoms with van der Waals surface area (Å²) in [5.41, 5.74) is 0. The molecule has 0 spiro atoms. The summed E-state index contributed by atoms with van der Waals surface area (Å²) in [6.07, 6.45) is 1.68. The predicted molar refractivity (Wildman–Crippen MR) is 30.6 cm³/mol. The van der Waals surface area contributed by atoms with Crippen molar-refractivity contribution in [3.05, 3.63) is 12.1 Å². The number of hydrogen-bond acceptors (Lipinski definition) is 1. The first-order valence-electron chi connectivity index (χ1n) is 1.54. The van der Waals surface area contributed by atoms with Crippen LogP contribution in [0.3, 0.4) is 0 Å². The van der Waals surface area contributed by atoms with E-state index in [4.69, 9.17) is 4.42 Å². The third kappa shape index (κ3) is 0.801. The zero-order chi connectivity index (χ0) is 4.41. The summed E-state index contributed by atoms with van der Waals surface area (Å²) in [6.45, 7) is 0. The molecule has 0 saturated carbocycles. The van der Waals surface area contributed by atoms with E-state index in [0.29, 0.717) is 0 Å². The largest absolute Gasteiger partial charge is 0.460 e. The average Bonchev–Trinajstić information content (AvgIpc) is 1.86. The van der Waals surface area contributed by atoms with Crippen LogP contribution in [0.15, 0.2) is 16.5 Å². The quantitative estimate of drug-likeness (QED) is 0.469. The SMILES string of the molecule is Pc1occp1. The minimum Gasteiger partial charge on any atom is -0.460 e. The molecule has 1 heterocycles. The predicted octanol–water partition coefficient (Wildman–Crippen LogP) is 1.36. The van der Waals surface area contributed by atoms with Gasteiger partial charge in [0.2, 0.25) is 0 Å². The van der Waals surface area contributed by atoms with Gasteiger partial charge in [-0.25, -0.2) is 0 Å². The molecule has 0 aliphatic rings. The molecule has 3 heteroatoms. The van der Waals surface area contributed by atoms with Gasteiger partial charge in [0.15, 0.2) is 0 Å². The fourth-order valence-electron chi connectivity index (χ4n) is 0.234. The second kappa shape index (κ2) is 1.73. The normalized spacial score (nSPS) is 10.2. The number of hydrogen-bond donors (Lipinski definition) is 0. The molecule has 1 aromatic heterocycles. The van der Waals surface area contributed by atoms with Gasteiger partial charge < -0.3 is 4.42 Å². The monoisotopic (exact) mass is 118 g/mol. The van der Waals surface area contributed by atoms with Crippen molar-refractivity contribution in [2.75, 3.05) is 0 Å². The second-order valence-corrected chi connectivity index (χ2v) is 2.88. The molecule has 0 saturated heterocycles. The average molecular weight is 118 g/mol. The minimum atomic E-state index is 0.981. The van der Waals surface area contributed by atoms with Gasteiger partial charge in [0.1, 0.15) is 5.23 Å². The van der Waals surface area contributed by atoms with Crippen molar-refractivity contribution in [3.8, 4) is 0 Å². The summed E-state index contributed by atoms with van der Waals surface area (Å²) < 4.78 is 4.84. The molecule has 0 N–H and O–H groups in total. The maximum Gasteiger partial charge on any atom is 0.144 e. The lowest BCUT2D eigenvalue weighted by Gasteiger charge is -1.67. The minimum absolute atomic E-state index is 0.981. The van der Waals surface area contributed by atoms with Gasteiger partial charge in [0.25, 0.3) is 0 Å². The van der Waals surface area contributed by atoms with Gasteiger partial charge in [-0.3, -0.25) is 0 Å². The van der Waals surface area contributed by atoms with E-state index in [0.717, 1.165) is 5.23 Å². The zero-order valence-electron chi connectivity index (χ0n) is 3.09. The van der Waals surface area contributed by atoms with Crippen LogP contribution >= 0.6 is 17.4 Å². The Kier molecular flexibility index (Phi) is 1.24. The molecule has 0 amide bonds. The Morgan fingerprint density at radius 2 is 2.67 bits per heavy atom. The van der Waals surface area contributed by atoms with E-state index in [1.54, 1.807) is 6.26 Å². The van der Waals surface area contributed by atoms with Crippen LogP contribution in [0, 0.1) is 0 Å². The molecular formula is C3H4OP2. The summed E-state index contributed by atoms with van der Waals surface area (Å²) in [5, 5.41) is 0.981. The maximum atomic E-state index is 4.84. The molecule has 32 valence electrons. The van der Waals surface area contributed by atoms with Crippen molar-refractivity contribution >= 4 is 22.7 Å². The lowest BCUT2D eigenvalue weighted by molar-refractivity contribution is 0.607. The van der Waals surface area contributed by atoms with Crippen LogP contribution < -0.4 is 5.23 Å². The highest BCUT2D eigenvalue weighted by Gasteiger charge is 1.77. The first-order chi connectivity index (χ1) is 2.89. The lowest BCUT2D eigenvalue weighted by Crippen LogP contribution is -1.66. The topological polar surface area (TPSA) is 13.1 Å². The summed E-state index contributed by atoms with van der Waals surface area (Å²) in [7, 11) is 3.66. The molecule has 1 atom stereocenters. The van der Waals surface area contributed by atoms with Gasteiger partial charge in [-0.05, 0) is 8.19 Å². The van der Waals surface area contributed by atoms with E-state index < -0.39 is 0 Å². The van der Waals surface area contributed by atoms with Gasteiger partial charge in [-0.15, -0.1) is 0 Å². The Labute approximate surface area is 40.1 Å². The Bertz CT molecular complexity index is 112. The van der Waals surface area contributed by atoms with Crippen LogP contribution in [-0.4, -0.2) is 0 Å².